The minimum absolute atomic E-state index is 0.209. The lowest BCUT2D eigenvalue weighted by Gasteiger charge is -2.11. The quantitative estimate of drug-likeness (QED) is 0.750. The summed E-state index contributed by atoms with van der Waals surface area (Å²) in [6.45, 7) is 5.72. The molecule has 0 aliphatic rings. The molecular formula is C13H21NO. The number of nitrogens with one attached hydrogen (secondary N) is 1. The van der Waals surface area contributed by atoms with Gasteiger partial charge in [0.25, 0.3) is 0 Å². The van der Waals surface area contributed by atoms with Crippen molar-refractivity contribution in [2.45, 2.75) is 39.3 Å². The normalized spacial score (nSPS) is 12.7. The predicted octanol–water partition coefficient (Wildman–Crippen LogP) is 2.25. The van der Waals surface area contributed by atoms with Crippen LogP contribution in [0.15, 0.2) is 24.3 Å². The SMILES string of the molecule is CCCC(O)CNCc1ccccc1C. The van der Waals surface area contributed by atoms with Crippen LogP contribution in [0.1, 0.15) is 30.9 Å². The summed E-state index contributed by atoms with van der Waals surface area (Å²) in [6.07, 6.45) is 1.70. The first kappa shape index (κ1) is 12.2. The monoisotopic (exact) mass is 207 g/mol. The van der Waals surface area contributed by atoms with E-state index in [1.807, 2.05) is 12.1 Å². The number of hydrogen-bond donors (Lipinski definition) is 2. The standard InChI is InChI=1S/C13H21NO/c1-3-6-13(15)10-14-9-12-8-5-4-7-11(12)2/h4-5,7-8,13-15H,3,6,9-10H2,1-2H3. The molecule has 0 fully saturated rings. The Hall–Kier alpha value is -0.860. The molecule has 0 aliphatic carbocycles. The minimum atomic E-state index is -0.209. The lowest BCUT2D eigenvalue weighted by Crippen LogP contribution is -2.26. The Labute approximate surface area is 92.3 Å². The summed E-state index contributed by atoms with van der Waals surface area (Å²) >= 11 is 0. The Morgan fingerprint density at radius 1 is 1.33 bits per heavy atom. The molecule has 84 valence electrons. The van der Waals surface area contributed by atoms with Crippen LogP contribution in [0.2, 0.25) is 0 Å². The fourth-order valence-corrected chi connectivity index (χ4v) is 1.62. The molecule has 0 saturated carbocycles. The van der Waals surface area contributed by atoms with E-state index in [4.69, 9.17) is 0 Å². The highest BCUT2D eigenvalue weighted by Crippen LogP contribution is 2.06. The van der Waals surface area contributed by atoms with Crippen LogP contribution in [0.5, 0.6) is 0 Å². The summed E-state index contributed by atoms with van der Waals surface area (Å²) in [5, 5.41) is 12.8. The van der Waals surface area contributed by atoms with Gasteiger partial charge < -0.3 is 10.4 Å². The minimum Gasteiger partial charge on any atom is -0.392 e. The van der Waals surface area contributed by atoms with Crippen LogP contribution in [0, 0.1) is 6.92 Å². The average molecular weight is 207 g/mol. The van der Waals surface area contributed by atoms with E-state index < -0.39 is 0 Å². The maximum atomic E-state index is 9.53. The zero-order chi connectivity index (χ0) is 11.1. The van der Waals surface area contributed by atoms with E-state index in [9.17, 15) is 5.11 Å². The van der Waals surface area contributed by atoms with Gasteiger partial charge in [-0.15, -0.1) is 0 Å². The van der Waals surface area contributed by atoms with Crippen LogP contribution in [-0.4, -0.2) is 17.8 Å². The number of aliphatic hydroxyl groups is 1. The first-order valence-electron chi connectivity index (χ1n) is 5.67. The van der Waals surface area contributed by atoms with E-state index in [0.717, 1.165) is 19.4 Å². The summed E-state index contributed by atoms with van der Waals surface area (Å²) < 4.78 is 0. The number of aliphatic hydroxyl groups excluding tert-OH is 1. The summed E-state index contributed by atoms with van der Waals surface area (Å²) in [6, 6.07) is 8.32. The second-order valence-electron chi connectivity index (χ2n) is 4.00. The molecule has 0 amide bonds. The smallest absolute Gasteiger partial charge is 0.0664 e. The van der Waals surface area contributed by atoms with Gasteiger partial charge in [0, 0.05) is 13.1 Å². The Balaban J connectivity index is 2.29. The average Bonchev–Trinajstić information content (AvgIpc) is 2.21. The fraction of sp³-hybridized carbons (Fsp3) is 0.538. The molecule has 0 heterocycles. The van der Waals surface area contributed by atoms with Crippen molar-refractivity contribution < 1.29 is 5.11 Å². The van der Waals surface area contributed by atoms with Gasteiger partial charge in [0.2, 0.25) is 0 Å². The molecule has 1 aromatic rings. The lowest BCUT2D eigenvalue weighted by molar-refractivity contribution is 0.160. The molecule has 15 heavy (non-hydrogen) atoms. The third-order valence-electron chi connectivity index (χ3n) is 2.58. The first-order chi connectivity index (χ1) is 7.24. The van der Waals surface area contributed by atoms with Crippen LogP contribution in [0.25, 0.3) is 0 Å². The molecule has 2 heteroatoms. The second kappa shape index (κ2) is 6.59. The molecule has 1 rings (SSSR count). The summed E-state index contributed by atoms with van der Waals surface area (Å²) in [7, 11) is 0. The van der Waals surface area contributed by atoms with Crippen molar-refractivity contribution in [2.24, 2.45) is 0 Å². The van der Waals surface area contributed by atoms with Crippen molar-refractivity contribution in [1.82, 2.24) is 5.32 Å². The molecule has 1 unspecified atom stereocenters. The highest BCUT2D eigenvalue weighted by Gasteiger charge is 2.02. The number of aryl methyl sites for hydroxylation is 1. The Morgan fingerprint density at radius 2 is 2.07 bits per heavy atom. The predicted molar refractivity (Wildman–Crippen MR) is 63.8 cm³/mol. The Morgan fingerprint density at radius 3 is 2.73 bits per heavy atom. The molecule has 2 nitrogen and oxygen atoms in total. The van der Waals surface area contributed by atoms with E-state index in [1.54, 1.807) is 0 Å². The van der Waals surface area contributed by atoms with Crippen molar-refractivity contribution in [3.63, 3.8) is 0 Å². The third kappa shape index (κ3) is 4.45. The molecule has 1 aromatic carbocycles. The van der Waals surface area contributed by atoms with E-state index >= 15 is 0 Å². The van der Waals surface area contributed by atoms with Gasteiger partial charge in [-0.1, -0.05) is 37.6 Å². The molecule has 0 bridgehead atoms. The van der Waals surface area contributed by atoms with Gasteiger partial charge in [-0.25, -0.2) is 0 Å². The van der Waals surface area contributed by atoms with Gasteiger partial charge >= 0.3 is 0 Å². The van der Waals surface area contributed by atoms with Gasteiger partial charge in [-0.3, -0.25) is 0 Å². The largest absolute Gasteiger partial charge is 0.392 e. The first-order valence-corrected chi connectivity index (χ1v) is 5.67. The molecule has 0 aromatic heterocycles. The molecule has 0 radical (unpaired) electrons. The van der Waals surface area contributed by atoms with Gasteiger partial charge in [-0.05, 0) is 24.5 Å². The summed E-state index contributed by atoms with van der Waals surface area (Å²) in [5.74, 6) is 0. The second-order valence-corrected chi connectivity index (χ2v) is 4.00. The lowest BCUT2D eigenvalue weighted by atomic mass is 10.1. The van der Waals surface area contributed by atoms with E-state index in [2.05, 4.69) is 31.3 Å². The van der Waals surface area contributed by atoms with Crippen molar-refractivity contribution in [3.8, 4) is 0 Å². The number of hydrogen-bond acceptors (Lipinski definition) is 2. The Bertz CT molecular complexity index is 286. The fourth-order valence-electron chi connectivity index (χ4n) is 1.62. The zero-order valence-corrected chi connectivity index (χ0v) is 9.66. The van der Waals surface area contributed by atoms with Crippen molar-refractivity contribution in [1.29, 1.82) is 0 Å². The van der Waals surface area contributed by atoms with Crippen molar-refractivity contribution in [3.05, 3.63) is 35.4 Å². The van der Waals surface area contributed by atoms with Crippen LogP contribution >= 0.6 is 0 Å². The van der Waals surface area contributed by atoms with Crippen LogP contribution in [0.3, 0.4) is 0 Å². The zero-order valence-electron chi connectivity index (χ0n) is 9.66. The molecule has 2 N–H and O–H groups in total. The van der Waals surface area contributed by atoms with Crippen LogP contribution in [0.4, 0.5) is 0 Å². The number of benzene rings is 1. The van der Waals surface area contributed by atoms with Gasteiger partial charge in [0.1, 0.15) is 0 Å². The highest BCUT2D eigenvalue weighted by molar-refractivity contribution is 5.25. The topological polar surface area (TPSA) is 32.3 Å². The summed E-state index contributed by atoms with van der Waals surface area (Å²) in [5.41, 5.74) is 2.61. The van der Waals surface area contributed by atoms with E-state index in [0.29, 0.717) is 6.54 Å². The third-order valence-corrected chi connectivity index (χ3v) is 2.58. The van der Waals surface area contributed by atoms with Crippen LogP contribution in [-0.2, 0) is 6.54 Å². The molecule has 0 spiro atoms. The van der Waals surface area contributed by atoms with E-state index in [1.165, 1.54) is 11.1 Å². The van der Waals surface area contributed by atoms with E-state index in [-0.39, 0.29) is 6.10 Å². The maximum Gasteiger partial charge on any atom is 0.0664 e. The molecule has 0 saturated heterocycles. The van der Waals surface area contributed by atoms with Crippen molar-refractivity contribution >= 4 is 0 Å². The van der Waals surface area contributed by atoms with Gasteiger partial charge in [0.05, 0.1) is 6.10 Å². The summed E-state index contributed by atoms with van der Waals surface area (Å²) in [4.78, 5) is 0. The maximum absolute atomic E-state index is 9.53. The highest BCUT2D eigenvalue weighted by atomic mass is 16.3. The molecule has 1 atom stereocenters. The Kier molecular flexibility index (Phi) is 5.37. The molecular weight excluding hydrogens is 186 g/mol. The molecule has 0 aliphatic heterocycles. The van der Waals surface area contributed by atoms with Gasteiger partial charge in [0.15, 0.2) is 0 Å². The van der Waals surface area contributed by atoms with Crippen LogP contribution < -0.4 is 5.32 Å². The van der Waals surface area contributed by atoms with Gasteiger partial charge in [-0.2, -0.15) is 0 Å². The number of rotatable bonds is 6. The van der Waals surface area contributed by atoms with Crippen molar-refractivity contribution in [2.75, 3.05) is 6.54 Å².